The summed E-state index contributed by atoms with van der Waals surface area (Å²) in [5.41, 5.74) is 4.89. The Kier molecular flexibility index (Phi) is 13.8. The van der Waals surface area contributed by atoms with Gasteiger partial charge in [0.15, 0.2) is 11.8 Å². The number of terminal acetylenes is 1. The number of aliphatic imine (C=N–C) groups is 1. The first-order valence-corrected chi connectivity index (χ1v) is 16.4. The number of nitrogens with one attached hydrogen (secondary N) is 1. The SMILES string of the molecule is C#C.CC(C)(C)C.CN=C(N)N(C(=O)c1ccc(-c2nnn(C)n2)cc1)[C@H](COC(=O)NC1(C(F)(F)F)CC1)c1ccc(Cl)c(-n2ncnc2C(F)F)c1. The summed E-state index contributed by atoms with van der Waals surface area (Å²) < 4.78 is 73.8. The molecule has 1 fully saturated rings. The van der Waals surface area contributed by atoms with E-state index in [-0.39, 0.29) is 46.5 Å². The van der Waals surface area contributed by atoms with Crippen LogP contribution in [0, 0.1) is 18.3 Å². The third-order valence-electron chi connectivity index (χ3n) is 7.26. The number of ether oxygens (including phenoxy) is 1. The lowest BCUT2D eigenvalue weighted by Gasteiger charge is -2.31. The van der Waals surface area contributed by atoms with E-state index in [9.17, 15) is 31.5 Å². The number of amides is 2. The van der Waals surface area contributed by atoms with Crippen molar-refractivity contribution in [1.82, 2.24) is 45.2 Å². The quantitative estimate of drug-likeness (QED) is 0.0857. The number of rotatable bonds is 9. The van der Waals surface area contributed by atoms with Crippen molar-refractivity contribution in [2.45, 2.75) is 64.7 Å². The van der Waals surface area contributed by atoms with E-state index in [1.54, 1.807) is 19.2 Å². The summed E-state index contributed by atoms with van der Waals surface area (Å²) in [5.74, 6) is -1.59. The molecule has 3 N–H and O–H groups in total. The summed E-state index contributed by atoms with van der Waals surface area (Å²) in [6.45, 7) is 8.00. The Morgan fingerprint density at radius 1 is 1.11 bits per heavy atom. The van der Waals surface area contributed by atoms with Crippen molar-refractivity contribution >= 4 is 29.6 Å². The van der Waals surface area contributed by atoms with Crippen LogP contribution in [0.5, 0.6) is 0 Å². The fourth-order valence-corrected chi connectivity index (χ4v) is 4.81. The number of nitrogens with two attached hydrogens (primary N) is 1. The number of guanidine groups is 1. The Morgan fingerprint density at radius 3 is 2.22 bits per heavy atom. The zero-order valence-corrected chi connectivity index (χ0v) is 30.9. The molecule has 290 valence electrons. The molecule has 5 rings (SSSR count). The second-order valence-electron chi connectivity index (χ2n) is 13.3. The predicted octanol–water partition coefficient (Wildman–Crippen LogP) is 6.30. The highest BCUT2D eigenvalue weighted by Crippen LogP contribution is 2.49. The molecular formula is C34H39ClF5N11O3. The second-order valence-corrected chi connectivity index (χ2v) is 13.7. The van der Waals surface area contributed by atoms with Crippen molar-refractivity contribution in [2.24, 2.45) is 23.2 Å². The summed E-state index contributed by atoms with van der Waals surface area (Å²) in [4.78, 5) is 36.3. The van der Waals surface area contributed by atoms with E-state index in [2.05, 4.69) is 71.0 Å². The number of aryl methyl sites for hydroxylation is 1. The van der Waals surface area contributed by atoms with Gasteiger partial charge in [-0.1, -0.05) is 57.5 Å². The smallest absolute Gasteiger partial charge is 0.411 e. The van der Waals surface area contributed by atoms with Crippen molar-refractivity contribution in [1.29, 1.82) is 0 Å². The minimum Gasteiger partial charge on any atom is -0.447 e. The van der Waals surface area contributed by atoms with E-state index in [1.165, 1.54) is 42.2 Å². The van der Waals surface area contributed by atoms with Crippen LogP contribution in [-0.4, -0.2) is 83.2 Å². The van der Waals surface area contributed by atoms with Crippen molar-refractivity contribution in [2.75, 3.05) is 13.7 Å². The zero-order chi connectivity index (χ0) is 40.6. The lowest BCUT2D eigenvalue weighted by Crippen LogP contribution is -2.49. The molecule has 1 saturated carbocycles. The second kappa shape index (κ2) is 17.5. The molecule has 0 spiro atoms. The van der Waals surface area contributed by atoms with Crippen molar-refractivity contribution in [3.8, 4) is 29.9 Å². The first kappa shape index (κ1) is 42.8. The summed E-state index contributed by atoms with van der Waals surface area (Å²) in [6.07, 6.45) is -0.938. The summed E-state index contributed by atoms with van der Waals surface area (Å²) in [5, 5.41) is 17.4. The average molecular weight is 780 g/mol. The van der Waals surface area contributed by atoms with Crippen LogP contribution < -0.4 is 11.1 Å². The molecule has 1 aliphatic rings. The van der Waals surface area contributed by atoms with Crippen LogP contribution in [-0.2, 0) is 11.8 Å². The number of carbonyl (C=O) groups excluding carboxylic acids is 2. The number of alkyl carbamates (subject to hydrolysis) is 1. The molecule has 0 unspecified atom stereocenters. The van der Waals surface area contributed by atoms with E-state index in [1.807, 2.05) is 5.32 Å². The van der Waals surface area contributed by atoms with Gasteiger partial charge in [-0.3, -0.25) is 14.7 Å². The number of halogens is 6. The van der Waals surface area contributed by atoms with Crippen LogP contribution in [0.1, 0.15) is 74.7 Å². The van der Waals surface area contributed by atoms with Gasteiger partial charge in [0.2, 0.25) is 5.82 Å². The molecule has 2 aromatic carbocycles. The average Bonchev–Trinajstić information content (AvgIpc) is 3.51. The van der Waals surface area contributed by atoms with Gasteiger partial charge in [-0.25, -0.2) is 23.2 Å². The van der Waals surface area contributed by atoms with E-state index in [0.717, 1.165) is 15.9 Å². The third-order valence-corrected chi connectivity index (χ3v) is 7.58. The highest BCUT2D eigenvalue weighted by atomic mass is 35.5. The Morgan fingerprint density at radius 2 is 1.72 bits per heavy atom. The largest absolute Gasteiger partial charge is 0.447 e. The molecule has 20 heteroatoms. The van der Waals surface area contributed by atoms with Gasteiger partial charge in [0.1, 0.15) is 18.5 Å². The molecule has 0 saturated heterocycles. The van der Waals surface area contributed by atoms with Crippen LogP contribution >= 0.6 is 11.6 Å². The van der Waals surface area contributed by atoms with Gasteiger partial charge in [-0.2, -0.15) is 23.1 Å². The van der Waals surface area contributed by atoms with Crippen LogP contribution in [0.25, 0.3) is 17.1 Å². The molecule has 54 heavy (non-hydrogen) atoms. The molecule has 2 heterocycles. The molecule has 2 aromatic heterocycles. The first-order chi connectivity index (χ1) is 25.2. The number of carbonyl (C=O) groups is 2. The van der Waals surface area contributed by atoms with E-state index >= 15 is 0 Å². The number of aromatic nitrogens is 7. The Balaban J connectivity index is 0.00000103. The Bertz CT molecular complexity index is 1940. The monoisotopic (exact) mass is 779 g/mol. The van der Waals surface area contributed by atoms with Crippen molar-refractivity contribution in [3.63, 3.8) is 0 Å². The third kappa shape index (κ3) is 10.7. The maximum Gasteiger partial charge on any atom is 0.411 e. The predicted molar refractivity (Wildman–Crippen MR) is 190 cm³/mol. The molecule has 2 amide bonds. The lowest BCUT2D eigenvalue weighted by molar-refractivity contribution is -0.164. The number of hydrogen-bond donors (Lipinski definition) is 2. The van der Waals surface area contributed by atoms with E-state index < -0.39 is 48.6 Å². The molecule has 1 atom stereocenters. The molecule has 0 radical (unpaired) electrons. The summed E-state index contributed by atoms with van der Waals surface area (Å²) in [6, 6.07) is 8.57. The Hall–Kier alpha value is -5.64. The maximum absolute atomic E-state index is 14.0. The first-order valence-electron chi connectivity index (χ1n) is 16.0. The fourth-order valence-electron chi connectivity index (χ4n) is 4.61. The van der Waals surface area contributed by atoms with Crippen molar-refractivity contribution in [3.05, 3.63) is 70.8 Å². The van der Waals surface area contributed by atoms with Gasteiger partial charge in [-0.15, -0.1) is 23.0 Å². The lowest BCUT2D eigenvalue weighted by atomic mass is 10.0. The van der Waals surface area contributed by atoms with Gasteiger partial charge in [0, 0.05) is 18.2 Å². The number of benzene rings is 2. The van der Waals surface area contributed by atoms with E-state index in [0.29, 0.717) is 11.0 Å². The van der Waals surface area contributed by atoms with Gasteiger partial charge in [0.25, 0.3) is 12.3 Å². The molecule has 0 bridgehead atoms. The fraction of sp³-hybridized carbons (Fsp3) is 0.412. The maximum atomic E-state index is 14.0. The van der Waals surface area contributed by atoms with Gasteiger partial charge in [-0.05, 0) is 53.3 Å². The van der Waals surface area contributed by atoms with Crippen LogP contribution in [0.2, 0.25) is 5.02 Å². The highest BCUT2D eigenvalue weighted by Gasteiger charge is 2.64. The number of tetrazole rings is 1. The van der Waals surface area contributed by atoms with Gasteiger partial charge < -0.3 is 15.8 Å². The number of alkyl halides is 5. The molecule has 14 nitrogen and oxygen atoms in total. The standard InChI is InChI=1S/C27H25ClF5N11O3.C5H12.C2H2/c1-35-24(34)43(23(45)15-5-3-14(4-6-15)21-39-41-42(2)40-21)19(12-47-25(46)38-26(9-10-26)27(31,32)33)16-7-8-17(28)18(11-16)44-22(20(29)30)36-13-37-44;1-5(2,3)4;1-2/h3-8,11,13,19-20H,9-10,12H2,1-2H3,(H2,34,35)(H,38,46);1-4H3;1-2H/t19-;;/m1../s1. The van der Waals surface area contributed by atoms with Gasteiger partial charge in [0.05, 0.1) is 23.8 Å². The minimum atomic E-state index is -4.72. The number of hydrogen-bond acceptors (Lipinski definition) is 9. The van der Waals surface area contributed by atoms with Gasteiger partial charge >= 0.3 is 12.3 Å². The van der Waals surface area contributed by atoms with E-state index in [4.69, 9.17) is 22.1 Å². The molecule has 0 aliphatic heterocycles. The van der Waals surface area contributed by atoms with Crippen LogP contribution in [0.15, 0.2) is 53.8 Å². The minimum absolute atomic E-state index is 0.0392. The topological polar surface area (TPSA) is 171 Å². The van der Waals surface area contributed by atoms with Crippen LogP contribution in [0.3, 0.4) is 0 Å². The van der Waals surface area contributed by atoms with Crippen molar-refractivity contribution < 1.29 is 36.3 Å². The molecular weight excluding hydrogens is 741 g/mol. The summed E-state index contributed by atoms with van der Waals surface area (Å²) in [7, 11) is 2.86. The number of nitrogens with zero attached hydrogens (tertiary/aromatic N) is 9. The van der Waals surface area contributed by atoms with Crippen LogP contribution in [0.4, 0.5) is 26.7 Å². The molecule has 4 aromatic rings. The normalized spacial score (nSPS) is 14.2. The Labute approximate surface area is 312 Å². The zero-order valence-electron chi connectivity index (χ0n) is 30.1. The molecule has 1 aliphatic carbocycles. The summed E-state index contributed by atoms with van der Waals surface area (Å²) >= 11 is 6.33. The highest BCUT2D eigenvalue weighted by molar-refractivity contribution is 6.32.